The number of carbonyl (C=O) groups is 1. The normalized spacial score (nSPS) is 10.8. The van der Waals surface area contributed by atoms with E-state index in [1.54, 1.807) is 60.7 Å². The van der Waals surface area contributed by atoms with Crippen LogP contribution in [0.15, 0.2) is 176 Å². The van der Waals surface area contributed by atoms with E-state index in [2.05, 4.69) is 68.3 Å². The summed E-state index contributed by atoms with van der Waals surface area (Å²) in [5.41, 5.74) is 7.15. The van der Waals surface area contributed by atoms with Crippen LogP contribution in [0.2, 0.25) is 0 Å². The minimum absolute atomic E-state index is 0. The molecule has 5 aromatic heterocycles. The van der Waals surface area contributed by atoms with Crippen LogP contribution in [0.1, 0.15) is 63.8 Å². The first-order valence-corrected chi connectivity index (χ1v) is 20.8. The van der Waals surface area contributed by atoms with Crippen molar-refractivity contribution in [3.8, 4) is 39.8 Å². The smallest absolute Gasteiger partial charge is 0.477 e. The van der Waals surface area contributed by atoms with Crippen LogP contribution in [0.4, 0.5) is 14.5 Å². The molecule has 0 atom stereocenters. The molecule has 0 bridgehead atoms. The molecule has 0 saturated heterocycles. The van der Waals surface area contributed by atoms with Crippen LogP contribution in [0.25, 0.3) is 38.6 Å². The van der Waals surface area contributed by atoms with Gasteiger partial charge in [0.15, 0.2) is 0 Å². The summed E-state index contributed by atoms with van der Waals surface area (Å²) in [7, 11) is 0. The average Bonchev–Trinajstić information content (AvgIpc) is 3.38. The Bertz CT molecular complexity index is 3200. The maximum Gasteiger partial charge on any atom is 2.00 e. The predicted octanol–water partition coefficient (Wildman–Crippen LogP) is 11.9. The van der Waals surface area contributed by atoms with Crippen LogP contribution < -0.4 is 0 Å². The number of nitriles is 1. The van der Waals surface area contributed by atoms with Gasteiger partial charge in [0.1, 0.15) is 28.7 Å². The van der Waals surface area contributed by atoms with Gasteiger partial charge in [-0.3, -0.25) is 19.8 Å². The third-order valence-electron chi connectivity index (χ3n) is 11.1. The molecule has 0 radical (unpaired) electrons. The number of aromatic carboxylic acids is 1. The summed E-state index contributed by atoms with van der Waals surface area (Å²) < 4.78 is 26.9. The molecule has 0 saturated carbocycles. The number of pyridine rings is 5. The van der Waals surface area contributed by atoms with Crippen LogP contribution in [0, 0.1) is 48.0 Å². The Labute approximate surface area is 427 Å². The van der Waals surface area contributed by atoms with Gasteiger partial charge in [-0.2, -0.15) is 11.3 Å². The minimum Gasteiger partial charge on any atom is -0.477 e. The van der Waals surface area contributed by atoms with Gasteiger partial charge in [-0.15, -0.1) is 59.7 Å². The third kappa shape index (κ3) is 10.9. The molecular formula is C56H36F2N7O2Pt2-. The molecule has 5 heterocycles. The van der Waals surface area contributed by atoms with Crippen LogP contribution >= 0.6 is 0 Å². The molecule has 0 spiro atoms. The zero-order valence-corrected chi connectivity index (χ0v) is 41.2. The molecule has 4 aromatic carbocycles. The van der Waals surface area contributed by atoms with Gasteiger partial charge in [0, 0.05) is 32.2 Å². The van der Waals surface area contributed by atoms with E-state index < -0.39 is 28.7 Å². The molecule has 0 aliphatic rings. The van der Waals surface area contributed by atoms with E-state index in [1.807, 2.05) is 92.7 Å². The number of rotatable bonds is 10. The van der Waals surface area contributed by atoms with Crippen molar-refractivity contribution in [3.05, 3.63) is 263 Å². The molecule has 0 amide bonds. The molecule has 69 heavy (non-hydrogen) atoms. The summed E-state index contributed by atoms with van der Waals surface area (Å²) in [6.07, 6.45) is 0. The molecule has 1 N–H and O–H groups in total. The standard InChI is InChI=1S/C37H22N4.C19H14F2N3O2.2Pt/c1-39-32-19-9-14-29(25-32)34-21-11-23-36(41-34)37(30-15-4-2-5-16-30,31-17-6-3-7-18-31)35-22-10-20-33(40-35)28-13-8-12-27(24-28)26-38;1-19(2,15-8-4-6-13(23-15)18(25)26)14-7-3-5-12(22-14)11-9-10-16(20)24-17(11)21;;/h2-12,15-25H;3-8,10H,1-2H3,(H,25,26);;/q-2;-1;;+2. The van der Waals surface area contributed by atoms with Gasteiger partial charge in [0.05, 0.1) is 29.7 Å². The predicted molar refractivity (Wildman–Crippen MR) is 249 cm³/mol. The first-order valence-electron chi connectivity index (χ1n) is 20.8. The molecule has 9 nitrogen and oxygen atoms in total. The molecule has 9 rings (SSSR count). The third-order valence-corrected chi connectivity index (χ3v) is 11.1. The molecule has 0 fully saturated rings. The fourth-order valence-corrected chi connectivity index (χ4v) is 7.72. The first kappa shape index (κ1) is 50.7. The zero-order chi connectivity index (χ0) is 47.0. The van der Waals surface area contributed by atoms with Crippen molar-refractivity contribution in [3.63, 3.8) is 0 Å². The molecule has 342 valence electrons. The summed E-state index contributed by atoms with van der Waals surface area (Å²) in [5, 5.41) is 18.6. The van der Waals surface area contributed by atoms with Crippen LogP contribution in [-0.4, -0.2) is 36.0 Å². The largest absolute Gasteiger partial charge is 2.00 e. The number of carboxylic acids is 1. The average molecular weight is 1270 g/mol. The molecular weight excluding hydrogens is 1230 g/mol. The fourth-order valence-electron chi connectivity index (χ4n) is 7.72. The second-order valence-corrected chi connectivity index (χ2v) is 15.6. The van der Waals surface area contributed by atoms with Gasteiger partial charge in [0.2, 0.25) is 0 Å². The van der Waals surface area contributed by atoms with Gasteiger partial charge >= 0.3 is 27.0 Å². The number of hydrogen-bond acceptors (Lipinski definition) is 7. The van der Waals surface area contributed by atoms with E-state index >= 15 is 0 Å². The summed E-state index contributed by atoms with van der Waals surface area (Å²) in [6.45, 7) is 11.1. The van der Waals surface area contributed by atoms with Gasteiger partial charge in [-0.1, -0.05) is 115 Å². The summed E-state index contributed by atoms with van der Waals surface area (Å²) in [5.74, 6) is -3.09. The first-order chi connectivity index (χ1) is 32.5. The van der Waals surface area contributed by atoms with Crippen molar-refractivity contribution >= 4 is 11.7 Å². The maximum atomic E-state index is 13.9. The van der Waals surface area contributed by atoms with E-state index in [0.717, 1.165) is 45.4 Å². The molecule has 13 heteroatoms. The second-order valence-electron chi connectivity index (χ2n) is 15.6. The van der Waals surface area contributed by atoms with Crippen molar-refractivity contribution in [1.82, 2.24) is 24.9 Å². The molecule has 9 aromatic rings. The van der Waals surface area contributed by atoms with Gasteiger partial charge in [0.25, 0.3) is 0 Å². The quantitative estimate of drug-likeness (QED) is 0.106. The monoisotopic (exact) mass is 1270 g/mol. The molecule has 0 aliphatic heterocycles. The Morgan fingerprint density at radius 3 is 1.70 bits per heavy atom. The van der Waals surface area contributed by atoms with Gasteiger partial charge < -0.3 is 10.1 Å². The minimum atomic E-state index is -1.13. The van der Waals surface area contributed by atoms with Crippen LogP contribution in [-0.2, 0) is 53.0 Å². The Kier molecular flexibility index (Phi) is 16.5. The topological polar surface area (TPSA) is 130 Å². The second kappa shape index (κ2) is 22.4. The Morgan fingerprint density at radius 2 is 1.14 bits per heavy atom. The van der Waals surface area contributed by atoms with E-state index in [-0.39, 0.29) is 59.1 Å². The fraction of sp³-hybridized carbons (Fsp3) is 0.0714. The molecule has 0 unspecified atom stereocenters. The zero-order valence-electron chi connectivity index (χ0n) is 36.6. The van der Waals surface area contributed by atoms with Crippen LogP contribution in [0.3, 0.4) is 0 Å². The number of hydrogen-bond donors (Lipinski definition) is 1. The molecule has 0 aliphatic carbocycles. The van der Waals surface area contributed by atoms with Crippen molar-refractivity contribution in [2.75, 3.05) is 0 Å². The summed E-state index contributed by atoms with van der Waals surface area (Å²) >= 11 is 0. The van der Waals surface area contributed by atoms with Crippen molar-refractivity contribution in [2.45, 2.75) is 24.7 Å². The number of halogens is 2. The van der Waals surface area contributed by atoms with Gasteiger partial charge in [-0.25, -0.2) is 18.6 Å². The van der Waals surface area contributed by atoms with E-state index in [4.69, 9.17) is 21.6 Å². The van der Waals surface area contributed by atoms with Crippen molar-refractivity contribution in [2.24, 2.45) is 0 Å². The Balaban J connectivity index is 0.000000243. The number of carboxylic acid groups (broad SMARTS) is 1. The van der Waals surface area contributed by atoms with E-state index in [9.17, 15) is 18.8 Å². The Hall–Kier alpha value is -7.68. The summed E-state index contributed by atoms with van der Waals surface area (Å²) in [6, 6.07) is 64.8. The van der Waals surface area contributed by atoms with Crippen molar-refractivity contribution in [1.29, 1.82) is 5.26 Å². The van der Waals surface area contributed by atoms with E-state index in [1.165, 1.54) is 6.07 Å². The van der Waals surface area contributed by atoms with Crippen LogP contribution in [0.5, 0.6) is 0 Å². The SMILES string of the molecule is CC(C)(c1cccc(C(=O)O)n1)c1cccc(-c2[c-]cc(F)nc2F)n1.[C-]#[N+]c1cc[c-]c(-c2cccc(C(c3ccccc3)(c3ccccc3)c3cccc(-c4[c-]ccc(C#N)c4)n3)n2)c1.[Pt+2].[Pt]. The summed E-state index contributed by atoms with van der Waals surface area (Å²) in [4.78, 5) is 36.9. The number of aromatic nitrogens is 5. The number of benzene rings is 4. The maximum absolute atomic E-state index is 13.9. The van der Waals surface area contributed by atoms with Crippen molar-refractivity contribution < 1.29 is 60.8 Å². The van der Waals surface area contributed by atoms with E-state index in [0.29, 0.717) is 28.3 Å². The Morgan fingerprint density at radius 1 is 0.638 bits per heavy atom. The van der Waals surface area contributed by atoms with Gasteiger partial charge in [-0.05, 0) is 78.0 Å². The number of nitrogens with zero attached hydrogens (tertiary/aromatic N) is 7.